The molecule has 1 fully saturated rings. The summed E-state index contributed by atoms with van der Waals surface area (Å²) in [5.74, 6) is 0.722. The molecule has 1 aliphatic rings. The summed E-state index contributed by atoms with van der Waals surface area (Å²) in [6.07, 6.45) is 4.07. The molecule has 0 spiro atoms. The Morgan fingerprint density at radius 1 is 1.30 bits per heavy atom. The van der Waals surface area contributed by atoms with Crippen molar-refractivity contribution in [3.8, 4) is 17.2 Å². The molecule has 2 heterocycles. The number of fused-ring (bicyclic) bond motifs is 1. The first-order valence-electron chi connectivity index (χ1n) is 9.99. The first-order valence-corrected chi connectivity index (χ1v) is 9.99. The number of nitrogens with zero attached hydrogens (tertiary/aromatic N) is 3. The molecule has 1 unspecified atom stereocenters. The molecule has 7 nitrogen and oxygen atoms in total. The van der Waals surface area contributed by atoms with Crippen LogP contribution < -0.4 is 16.4 Å². The fourth-order valence-electron chi connectivity index (χ4n) is 3.62. The number of carbonyl (C=O) groups excluding carboxylic acids is 1. The number of aromatic nitrogens is 2. The van der Waals surface area contributed by atoms with Crippen molar-refractivity contribution in [1.82, 2.24) is 9.97 Å². The lowest BCUT2D eigenvalue weighted by Gasteiger charge is -2.16. The van der Waals surface area contributed by atoms with Crippen LogP contribution in [-0.4, -0.2) is 21.9 Å². The molecule has 1 saturated carbocycles. The van der Waals surface area contributed by atoms with Crippen LogP contribution in [0.25, 0.3) is 21.9 Å². The lowest BCUT2D eigenvalue weighted by molar-refractivity contribution is -0.117. The van der Waals surface area contributed by atoms with Crippen molar-refractivity contribution in [2.45, 2.75) is 33.2 Å². The topological polar surface area (TPSA) is 117 Å². The zero-order valence-corrected chi connectivity index (χ0v) is 17.2. The summed E-state index contributed by atoms with van der Waals surface area (Å²) >= 11 is 0. The number of rotatable bonds is 5. The quantitative estimate of drug-likeness (QED) is 0.555. The maximum absolute atomic E-state index is 12.3. The van der Waals surface area contributed by atoms with Crippen molar-refractivity contribution in [2.75, 3.05) is 16.4 Å². The number of nitriles is 1. The highest BCUT2D eigenvalue weighted by atomic mass is 16.2. The van der Waals surface area contributed by atoms with Crippen molar-refractivity contribution in [1.29, 1.82) is 5.26 Å². The molecular formula is C23H24N6O. The number of nitrogen functional groups attached to an aromatic ring is 1. The Bertz CT molecular complexity index is 1180. The second-order valence-electron chi connectivity index (χ2n) is 8.05. The molecule has 4 rings (SSSR count). The van der Waals surface area contributed by atoms with Crippen LogP contribution in [0, 0.1) is 30.1 Å². The van der Waals surface area contributed by atoms with Gasteiger partial charge in [0.15, 0.2) is 0 Å². The normalized spacial score (nSPS) is 17.6. The summed E-state index contributed by atoms with van der Waals surface area (Å²) < 4.78 is 0. The van der Waals surface area contributed by atoms with Gasteiger partial charge in [-0.3, -0.25) is 4.79 Å². The van der Waals surface area contributed by atoms with Crippen molar-refractivity contribution in [3.05, 3.63) is 42.2 Å². The molecule has 7 heteroatoms. The molecule has 0 radical (unpaired) electrons. The highest BCUT2D eigenvalue weighted by molar-refractivity contribution is 6.00. The predicted octanol–water partition coefficient (Wildman–Crippen LogP) is 4.11. The molecule has 1 aromatic carbocycles. The monoisotopic (exact) mass is 400 g/mol. The third kappa shape index (κ3) is 3.77. The van der Waals surface area contributed by atoms with Gasteiger partial charge in [-0.15, -0.1) is 0 Å². The summed E-state index contributed by atoms with van der Waals surface area (Å²) in [6.45, 7) is 6.18. The first kappa shape index (κ1) is 19.6. The van der Waals surface area contributed by atoms with Gasteiger partial charge in [0.1, 0.15) is 11.6 Å². The van der Waals surface area contributed by atoms with Gasteiger partial charge in [-0.05, 0) is 73.5 Å². The summed E-state index contributed by atoms with van der Waals surface area (Å²) in [5, 5.41) is 16.8. The lowest BCUT2D eigenvalue weighted by atomic mass is 9.98. The molecule has 4 N–H and O–H groups in total. The number of hydrogen-bond acceptors (Lipinski definition) is 6. The zero-order valence-electron chi connectivity index (χ0n) is 17.2. The van der Waals surface area contributed by atoms with E-state index in [4.69, 9.17) is 11.0 Å². The van der Waals surface area contributed by atoms with E-state index in [2.05, 4.69) is 40.5 Å². The Kier molecular flexibility index (Phi) is 5.00. The maximum atomic E-state index is 12.3. The zero-order chi connectivity index (χ0) is 21.4. The van der Waals surface area contributed by atoms with Crippen molar-refractivity contribution in [3.63, 3.8) is 0 Å². The standard InChI is InChI=1S/C23H24N6O/c1-12(2)28-22-13(3)17(4-5-26-22)14-6-15-9-21(27-11-19(15)20(25)8-14)29-23(30)18-7-16(18)10-24/h4-6,8-9,11-12,16,18H,7,25H2,1-3H3,(H,26,28)(H,27,29,30)/t16?,18-/m1/s1. The van der Waals surface area contributed by atoms with E-state index in [0.29, 0.717) is 17.9 Å². The van der Waals surface area contributed by atoms with Crippen molar-refractivity contribution < 1.29 is 4.79 Å². The van der Waals surface area contributed by atoms with Gasteiger partial charge in [-0.2, -0.15) is 5.26 Å². The van der Waals surface area contributed by atoms with Gasteiger partial charge in [0, 0.05) is 29.5 Å². The predicted molar refractivity (Wildman–Crippen MR) is 119 cm³/mol. The van der Waals surface area contributed by atoms with E-state index >= 15 is 0 Å². The van der Waals surface area contributed by atoms with Crippen LogP contribution in [0.3, 0.4) is 0 Å². The Balaban J connectivity index is 1.69. The number of benzene rings is 1. The SMILES string of the molecule is Cc1c(-c2cc(N)c3cnc(NC(=O)[C@@H]4CC4C#N)cc3c2)ccnc1NC(C)C. The Hall–Kier alpha value is -3.66. The lowest BCUT2D eigenvalue weighted by Crippen LogP contribution is -2.15. The van der Waals surface area contributed by atoms with E-state index in [1.54, 1.807) is 12.4 Å². The average molecular weight is 400 g/mol. The number of carbonyl (C=O) groups is 1. The van der Waals surface area contributed by atoms with Crippen LogP contribution in [0.5, 0.6) is 0 Å². The van der Waals surface area contributed by atoms with Gasteiger partial charge in [0.2, 0.25) is 5.91 Å². The molecule has 2 aromatic heterocycles. The number of hydrogen-bond donors (Lipinski definition) is 3. The number of nitrogens with one attached hydrogen (secondary N) is 2. The molecule has 0 aliphatic heterocycles. The first-order chi connectivity index (χ1) is 14.4. The third-order valence-corrected chi connectivity index (χ3v) is 5.35. The maximum Gasteiger partial charge on any atom is 0.230 e. The molecule has 2 atom stereocenters. The van der Waals surface area contributed by atoms with E-state index < -0.39 is 0 Å². The second kappa shape index (κ2) is 7.64. The van der Waals surface area contributed by atoms with Crippen LogP contribution in [0.15, 0.2) is 36.7 Å². The van der Waals surface area contributed by atoms with E-state index in [-0.39, 0.29) is 23.8 Å². The Morgan fingerprint density at radius 2 is 2.10 bits per heavy atom. The van der Waals surface area contributed by atoms with Crippen LogP contribution >= 0.6 is 0 Å². The van der Waals surface area contributed by atoms with Crippen molar-refractivity contribution in [2.24, 2.45) is 11.8 Å². The van der Waals surface area contributed by atoms with E-state index in [9.17, 15) is 4.79 Å². The fraction of sp³-hybridized carbons (Fsp3) is 0.304. The van der Waals surface area contributed by atoms with E-state index in [1.807, 2.05) is 31.2 Å². The number of nitrogens with two attached hydrogens (primary N) is 1. The average Bonchev–Trinajstić information content (AvgIpc) is 3.49. The van der Waals surface area contributed by atoms with Crippen molar-refractivity contribution >= 4 is 34.0 Å². The van der Waals surface area contributed by atoms with Gasteiger partial charge in [-0.1, -0.05) is 0 Å². The van der Waals surface area contributed by atoms with Gasteiger partial charge < -0.3 is 16.4 Å². The molecule has 0 saturated heterocycles. The molecule has 30 heavy (non-hydrogen) atoms. The van der Waals surface area contributed by atoms with Gasteiger partial charge >= 0.3 is 0 Å². The Morgan fingerprint density at radius 3 is 2.80 bits per heavy atom. The minimum absolute atomic E-state index is 0.160. The number of pyridine rings is 2. The summed E-state index contributed by atoms with van der Waals surface area (Å²) in [4.78, 5) is 21.0. The molecular weight excluding hydrogens is 376 g/mol. The minimum Gasteiger partial charge on any atom is -0.398 e. The fourth-order valence-corrected chi connectivity index (χ4v) is 3.62. The van der Waals surface area contributed by atoms with Crippen LogP contribution in [0.1, 0.15) is 25.8 Å². The van der Waals surface area contributed by atoms with Gasteiger partial charge in [0.25, 0.3) is 0 Å². The van der Waals surface area contributed by atoms with E-state index in [0.717, 1.165) is 33.3 Å². The Labute approximate surface area is 175 Å². The van der Waals surface area contributed by atoms with Crippen LogP contribution in [0.4, 0.5) is 17.3 Å². The summed E-state index contributed by atoms with van der Waals surface area (Å²) in [6, 6.07) is 10.2. The highest BCUT2D eigenvalue weighted by Gasteiger charge is 2.43. The molecule has 0 bridgehead atoms. The smallest absolute Gasteiger partial charge is 0.230 e. The molecule has 1 amide bonds. The van der Waals surface area contributed by atoms with Crippen LogP contribution in [0.2, 0.25) is 0 Å². The number of anilines is 3. The minimum atomic E-state index is -0.241. The third-order valence-electron chi connectivity index (χ3n) is 5.35. The summed E-state index contributed by atoms with van der Waals surface area (Å²) in [5.41, 5.74) is 9.99. The van der Waals surface area contributed by atoms with Crippen LogP contribution in [-0.2, 0) is 4.79 Å². The molecule has 3 aromatic rings. The second-order valence-corrected chi connectivity index (χ2v) is 8.05. The van der Waals surface area contributed by atoms with Gasteiger partial charge in [0.05, 0.1) is 17.9 Å². The van der Waals surface area contributed by atoms with Gasteiger partial charge in [-0.25, -0.2) is 9.97 Å². The largest absolute Gasteiger partial charge is 0.398 e. The molecule has 1 aliphatic carbocycles. The highest BCUT2D eigenvalue weighted by Crippen LogP contribution is 2.39. The summed E-state index contributed by atoms with van der Waals surface area (Å²) in [7, 11) is 0. The molecule has 152 valence electrons. The number of amides is 1. The van der Waals surface area contributed by atoms with E-state index in [1.165, 1.54) is 0 Å².